The fourth-order valence-corrected chi connectivity index (χ4v) is 4.07. The predicted molar refractivity (Wildman–Crippen MR) is 130 cm³/mol. The second kappa shape index (κ2) is 9.08. The smallest absolute Gasteiger partial charge is 0.326 e. The number of carboxylic acids is 1. The van der Waals surface area contributed by atoms with Crippen LogP contribution in [-0.2, 0) is 11.2 Å². The Balaban J connectivity index is 1.87. The van der Waals surface area contributed by atoms with Crippen LogP contribution in [0.25, 0.3) is 21.8 Å². The first-order chi connectivity index (χ1) is 15.4. The summed E-state index contributed by atoms with van der Waals surface area (Å²) in [6.07, 6.45) is 5.86. The van der Waals surface area contributed by atoms with Crippen LogP contribution >= 0.6 is 15.9 Å². The molecule has 7 nitrogen and oxygen atoms in total. The van der Waals surface area contributed by atoms with Gasteiger partial charge in [-0.15, -0.1) is 0 Å². The van der Waals surface area contributed by atoms with Gasteiger partial charge >= 0.3 is 5.97 Å². The van der Waals surface area contributed by atoms with Gasteiger partial charge in [0.15, 0.2) is 0 Å². The molecular formula is C24H23BrN4O3. The SMILES string of the molecule is CCCCc1nc2ccc(Br)cc2c(=O)n1N=Cc1cn([C@@H](C)C(=O)O)c2ccccc12. The van der Waals surface area contributed by atoms with E-state index in [0.717, 1.165) is 33.8 Å². The lowest BCUT2D eigenvalue weighted by molar-refractivity contribution is -0.140. The molecule has 0 spiro atoms. The normalized spacial score (nSPS) is 12.7. The maximum absolute atomic E-state index is 13.3. The Morgan fingerprint density at radius 3 is 2.78 bits per heavy atom. The predicted octanol–water partition coefficient (Wildman–Crippen LogP) is 4.98. The molecule has 0 aliphatic rings. The lowest BCUT2D eigenvalue weighted by atomic mass is 10.2. The summed E-state index contributed by atoms with van der Waals surface area (Å²) >= 11 is 3.42. The number of unbranched alkanes of at least 4 members (excludes halogenated alkanes) is 1. The highest BCUT2D eigenvalue weighted by Gasteiger charge is 2.17. The van der Waals surface area contributed by atoms with Crippen LogP contribution in [0.1, 0.15) is 44.1 Å². The minimum Gasteiger partial charge on any atom is -0.480 e. The van der Waals surface area contributed by atoms with Crippen molar-refractivity contribution in [3.05, 3.63) is 74.9 Å². The molecule has 0 fully saturated rings. The van der Waals surface area contributed by atoms with E-state index in [1.54, 1.807) is 30.0 Å². The summed E-state index contributed by atoms with van der Waals surface area (Å²) in [5.41, 5.74) is 1.93. The van der Waals surface area contributed by atoms with E-state index < -0.39 is 12.0 Å². The highest BCUT2D eigenvalue weighted by molar-refractivity contribution is 9.10. The van der Waals surface area contributed by atoms with Crippen molar-refractivity contribution in [1.82, 2.24) is 14.2 Å². The van der Waals surface area contributed by atoms with Gasteiger partial charge in [0, 0.05) is 33.6 Å². The number of benzene rings is 2. The van der Waals surface area contributed by atoms with Gasteiger partial charge in [-0.2, -0.15) is 9.78 Å². The van der Waals surface area contributed by atoms with Crippen molar-refractivity contribution in [2.24, 2.45) is 5.10 Å². The van der Waals surface area contributed by atoms with Gasteiger partial charge in [-0.05, 0) is 37.6 Å². The lowest BCUT2D eigenvalue weighted by Crippen LogP contribution is -2.22. The largest absolute Gasteiger partial charge is 0.480 e. The second-order valence-corrected chi connectivity index (χ2v) is 8.59. The molecule has 0 aliphatic heterocycles. The zero-order valence-electron chi connectivity index (χ0n) is 17.8. The highest BCUT2D eigenvalue weighted by atomic mass is 79.9. The first-order valence-corrected chi connectivity index (χ1v) is 11.3. The van der Waals surface area contributed by atoms with E-state index in [-0.39, 0.29) is 5.56 Å². The van der Waals surface area contributed by atoms with Gasteiger partial charge in [0.05, 0.1) is 17.1 Å². The Morgan fingerprint density at radius 1 is 1.25 bits per heavy atom. The summed E-state index contributed by atoms with van der Waals surface area (Å²) in [7, 11) is 0. The number of fused-ring (bicyclic) bond motifs is 2. The number of para-hydroxylation sites is 1. The molecular weight excluding hydrogens is 472 g/mol. The van der Waals surface area contributed by atoms with Gasteiger partial charge < -0.3 is 9.67 Å². The molecule has 164 valence electrons. The Morgan fingerprint density at radius 2 is 2.03 bits per heavy atom. The molecule has 0 bridgehead atoms. The number of halogens is 1. The first-order valence-electron chi connectivity index (χ1n) is 10.5. The van der Waals surface area contributed by atoms with Crippen LogP contribution in [0.5, 0.6) is 0 Å². The van der Waals surface area contributed by atoms with E-state index >= 15 is 0 Å². The van der Waals surface area contributed by atoms with Crippen molar-refractivity contribution in [2.45, 2.75) is 39.2 Å². The number of aromatic nitrogens is 3. The molecule has 4 aromatic rings. The summed E-state index contributed by atoms with van der Waals surface area (Å²) in [5, 5.41) is 15.3. The number of nitrogens with zero attached hydrogens (tertiary/aromatic N) is 4. The van der Waals surface area contributed by atoms with Crippen molar-refractivity contribution >= 4 is 49.9 Å². The maximum atomic E-state index is 13.3. The number of carboxylic acid groups (broad SMARTS) is 1. The van der Waals surface area contributed by atoms with Crippen molar-refractivity contribution in [3.63, 3.8) is 0 Å². The summed E-state index contributed by atoms with van der Waals surface area (Å²) in [5.74, 6) is -0.317. The van der Waals surface area contributed by atoms with Crippen molar-refractivity contribution in [3.8, 4) is 0 Å². The number of hydrogen-bond acceptors (Lipinski definition) is 4. The number of hydrogen-bond donors (Lipinski definition) is 1. The van der Waals surface area contributed by atoms with E-state index in [4.69, 9.17) is 4.98 Å². The summed E-state index contributed by atoms with van der Waals surface area (Å²) < 4.78 is 3.86. The van der Waals surface area contributed by atoms with Gasteiger partial charge in [0.1, 0.15) is 11.9 Å². The molecule has 4 rings (SSSR count). The summed E-state index contributed by atoms with van der Waals surface area (Å²) in [6, 6.07) is 12.3. The molecule has 8 heteroatoms. The van der Waals surface area contributed by atoms with E-state index in [1.807, 2.05) is 36.4 Å². The monoisotopic (exact) mass is 494 g/mol. The average Bonchev–Trinajstić information content (AvgIpc) is 3.15. The van der Waals surface area contributed by atoms with Crippen LogP contribution in [0, 0.1) is 0 Å². The molecule has 0 saturated heterocycles. The molecule has 32 heavy (non-hydrogen) atoms. The van der Waals surface area contributed by atoms with Crippen LogP contribution in [0.3, 0.4) is 0 Å². The summed E-state index contributed by atoms with van der Waals surface area (Å²) in [6.45, 7) is 3.72. The maximum Gasteiger partial charge on any atom is 0.326 e. The van der Waals surface area contributed by atoms with Crippen molar-refractivity contribution in [2.75, 3.05) is 0 Å². The number of carbonyl (C=O) groups is 1. The Bertz CT molecular complexity index is 1400. The van der Waals surface area contributed by atoms with Crippen LogP contribution in [0.2, 0.25) is 0 Å². The van der Waals surface area contributed by atoms with Gasteiger partial charge in [-0.3, -0.25) is 4.79 Å². The Labute approximate surface area is 193 Å². The van der Waals surface area contributed by atoms with Crippen molar-refractivity contribution < 1.29 is 9.90 Å². The van der Waals surface area contributed by atoms with E-state index in [1.165, 1.54) is 4.68 Å². The molecule has 0 unspecified atom stereocenters. The van der Waals surface area contributed by atoms with Crippen LogP contribution < -0.4 is 5.56 Å². The molecule has 0 saturated carbocycles. The van der Waals surface area contributed by atoms with Gasteiger partial charge in [-0.25, -0.2) is 9.78 Å². The molecule has 2 aromatic carbocycles. The van der Waals surface area contributed by atoms with E-state index in [0.29, 0.717) is 23.1 Å². The third-order valence-electron chi connectivity index (χ3n) is 5.49. The van der Waals surface area contributed by atoms with Gasteiger partial charge in [0.2, 0.25) is 0 Å². The average molecular weight is 495 g/mol. The van der Waals surface area contributed by atoms with Gasteiger partial charge in [-0.1, -0.05) is 47.5 Å². The standard InChI is InChI=1S/C24H23BrN4O3/c1-3-4-9-22-27-20-11-10-17(25)12-19(20)23(30)29(22)26-13-16-14-28(15(2)24(31)32)21-8-6-5-7-18(16)21/h5-8,10-15H,3-4,9H2,1-2H3,(H,31,32)/t15-/m0/s1. The van der Waals surface area contributed by atoms with E-state index in [9.17, 15) is 14.7 Å². The van der Waals surface area contributed by atoms with Crippen LogP contribution in [-0.4, -0.2) is 31.5 Å². The van der Waals surface area contributed by atoms with Crippen LogP contribution in [0.15, 0.2) is 63.0 Å². The zero-order chi connectivity index (χ0) is 22.8. The molecule has 0 radical (unpaired) electrons. The minimum absolute atomic E-state index is 0.235. The topological polar surface area (TPSA) is 89.5 Å². The number of rotatable bonds is 7. The molecule has 2 heterocycles. The first kappa shape index (κ1) is 22.0. The van der Waals surface area contributed by atoms with Crippen molar-refractivity contribution in [1.29, 1.82) is 0 Å². The zero-order valence-corrected chi connectivity index (χ0v) is 19.4. The molecule has 1 N–H and O–H groups in total. The molecule has 1 atom stereocenters. The molecule has 2 aromatic heterocycles. The van der Waals surface area contributed by atoms with Gasteiger partial charge in [0.25, 0.3) is 5.56 Å². The third-order valence-corrected chi connectivity index (χ3v) is 5.98. The number of aliphatic carboxylic acids is 1. The highest BCUT2D eigenvalue weighted by Crippen LogP contribution is 2.24. The third kappa shape index (κ3) is 4.10. The Kier molecular flexibility index (Phi) is 6.23. The fourth-order valence-electron chi connectivity index (χ4n) is 3.70. The lowest BCUT2D eigenvalue weighted by Gasteiger charge is -2.09. The number of aryl methyl sites for hydroxylation is 1. The quantitative estimate of drug-likeness (QED) is 0.366. The second-order valence-electron chi connectivity index (χ2n) is 7.68. The minimum atomic E-state index is -0.920. The van der Waals surface area contributed by atoms with E-state index in [2.05, 4.69) is 28.0 Å². The molecule has 0 aliphatic carbocycles. The summed E-state index contributed by atoms with van der Waals surface area (Å²) in [4.78, 5) is 29.5. The van der Waals surface area contributed by atoms with Crippen LogP contribution in [0.4, 0.5) is 0 Å². The molecule has 0 amide bonds. The Hall–Kier alpha value is -3.26. The fraction of sp³-hybridized carbons (Fsp3) is 0.250.